The summed E-state index contributed by atoms with van der Waals surface area (Å²) in [5.74, 6) is -0.480. The van der Waals surface area contributed by atoms with E-state index in [1.54, 1.807) is 6.92 Å². The van der Waals surface area contributed by atoms with Crippen LogP contribution in [0, 0.1) is 6.92 Å². The Kier molecular flexibility index (Phi) is 8.33. The van der Waals surface area contributed by atoms with Gasteiger partial charge in [-0.2, -0.15) is 0 Å². The second-order valence-corrected chi connectivity index (χ2v) is 16.5. The fraction of sp³-hybridized carbons (Fsp3) is 0.0345. The summed E-state index contributed by atoms with van der Waals surface area (Å²) in [6.45, 7) is 1.80. The molecule has 0 atom stereocenters. The molecule has 0 radical (unpaired) electrons. The molecule has 306 valence electrons. The van der Waals surface area contributed by atoms with Crippen molar-refractivity contribution >= 4 is 43.7 Å². The smallest absolute Gasteiger partial charge is 0.245 e. The lowest BCUT2D eigenvalue weighted by atomic mass is 9.67. The highest BCUT2D eigenvalue weighted by Gasteiger charge is 2.49. The van der Waals surface area contributed by atoms with E-state index >= 15 is 0 Å². The first-order chi connectivity index (χ1) is 31.4. The lowest BCUT2D eigenvalue weighted by Crippen LogP contribution is -2.28. The SMILES string of the molecule is Cc1c(O)c(-c2cc3ccccc3c3ccccc23)c(O)c2ooc3cc4c(c(O)c3n(-c3ccc(-c5ccccc5)cc3)c12)C(c1ccccc1)(c1ccccc1)c1ccccc1-4. The Hall–Kier alpha value is -8.48. The van der Waals surface area contributed by atoms with Crippen LogP contribution in [-0.4, -0.2) is 19.9 Å². The zero-order valence-electron chi connectivity index (χ0n) is 34.7. The molecule has 0 spiro atoms. The lowest BCUT2D eigenvalue weighted by molar-refractivity contribution is 0.0896. The van der Waals surface area contributed by atoms with Crippen LogP contribution in [0.1, 0.15) is 27.8 Å². The van der Waals surface area contributed by atoms with Crippen molar-refractivity contribution in [3.8, 4) is 56.3 Å². The van der Waals surface area contributed by atoms with E-state index in [4.69, 9.17) is 9.15 Å². The molecule has 0 fully saturated rings. The summed E-state index contributed by atoms with van der Waals surface area (Å²) in [4.78, 5) is 0. The molecule has 11 aromatic rings. The molecule has 0 amide bonds. The molecule has 1 heterocycles. The van der Waals surface area contributed by atoms with E-state index in [2.05, 4.69) is 54.6 Å². The van der Waals surface area contributed by atoms with Gasteiger partial charge in [0, 0.05) is 16.8 Å². The first kappa shape index (κ1) is 37.3. The standard InChI is InChI=1S/C58H39NO5/c1-35-52-57(55(61)50(54(35)60)46-33-38-19-11-12-24-42(38)43-25-13-14-26-44(43)46)64-63-49-34-47-45-27-15-16-28-48(45)58(39-20-7-3-8-21-39,40-22-9-4-10-23-40)51(47)56(62)53(49)59(52)41-31-29-37(30-32-41)36-17-5-2-6-18-36/h2-34,60-62H,1H3. The lowest BCUT2D eigenvalue weighted by Gasteiger charge is -2.34. The fourth-order valence-corrected chi connectivity index (χ4v) is 10.4. The maximum Gasteiger partial charge on any atom is 0.245 e. The van der Waals surface area contributed by atoms with Crippen LogP contribution in [0.5, 0.6) is 17.2 Å². The number of nitrogens with zero attached hydrogens (tertiary/aromatic N) is 1. The third-order valence-corrected chi connectivity index (χ3v) is 13.2. The van der Waals surface area contributed by atoms with Gasteiger partial charge in [0.15, 0.2) is 5.75 Å². The van der Waals surface area contributed by atoms with Crippen molar-refractivity contribution in [2.24, 2.45) is 0 Å². The van der Waals surface area contributed by atoms with E-state index in [-0.39, 0.29) is 34.0 Å². The molecule has 0 bridgehead atoms. The quantitative estimate of drug-likeness (QED) is 0.119. The average Bonchev–Trinajstić information content (AvgIpc) is 3.53. The van der Waals surface area contributed by atoms with E-state index < -0.39 is 5.41 Å². The van der Waals surface area contributed by atoms with Crippen LogP contribution in [0.3, 0.4) is 0 Å². The molecule has 0 saturated carbocycles. The highest BCUT2D eigenvalue weighted by molar-refractivity contribution is 6.16. The summed E-state index contributed by atoms with van der Waals surface area (Å²) in [6, 6.07) is 66.9. The number of aromatic nitrogens is 1. The Morgan fingerprint density at radius 2 is 1.03 bits per heavy atom. The van der Waals surface area contributed by atoms with E-state index in [0.717, 1.165) is 60.5 Å². The van der Waals surface area contributed by atoms with Crippen LogP contribution < -0.4 is 0 Å². The highest BCUT2D eigenvalue weighted by Crippen LogP contribution is 2.60. The number of hydrogen-bond acceptors (Lipinski definition) is 5. The van der Waals surface area contributed by atoms with Crippen molar-refractivity contribution in [1.82, 2.24) is 4.57 Å². The van der Waals surface area contributed by atoms with Gasteiger partial charge in [-0.05, 0) is 97.2 Å². The molecule has 64 heavy (non-hydrogen) atoms. The summed E-state index contributed by atoms with van der Waals surface area (Å²) < 4.78 is 14.6. The molecule has 1 aromatic heterocycles. The number of phenolic OH excluding ortho intramolecular Hbond substituents is 3. The largest absolute Gasteiger partial charge is 0.507 e. The Labute approximate surface area is 368 Å². The highest BCUT2D eigenvalue weighted by atomic mass is 17.0. The summed E-state index contributed by atoms with van der Waals surface area (Å²) in [5, 5.41) is 42.6. The predicted molar refractivity (Wildman–Crippen MR) is 256 cm³/mol. The minimum absolute atomic E-state index is 0.0109. The van der Waals surface area contributed by atoms with Crippen molar-refractivity contribution < 1.29 is 24.5 Å². The monoisotopic (exact) mass is 829 g/mol. The summed E-state index contributed by atoms with van der Waals surface area (Å²) >= 11 is 0. The Morgan fingerprint density at radius 1 is 0.453 bits per heavy atom. The second-order valence-electron chi connectivity index (χ2n) is 16.5. The zero-order chi connectivity index (χ0) is 43.1. The second kappa shape index (κ2) is 14.3. The molecule has 6 heteroatoms. The van der Waals surface area contributed by atoms with Crippen molar-refractivity contribution in [2.75, 3.05) is 0 Å². The van der Waals surface area contributed by atoms with E-state index in [0.29, 0.717) is 33.4 Å². The van der Waals surface area contributed by atoms with Gasteiger partial charge < -0.3 is 15.3 Å². The third-order valence-electron chi connectivity index (χ3n) is 13.2. The molecule has 0 unspecified atom stereocenters. The minimum Gasteiger partial charge on any atom is -0.507 e. The molecule has 1 aliphatic carbocycles. The number of rotatable bonds is 5. The van der Waals surface area contributed by atoms with Crippen molar-refractivity contribution in [3.63, 3.8) is 0 Å². The van der Waals surface area contributed by atoms with Crippen molar-refractivity contribution in [1.29, 1.82) is 0 Å². The number of hydrogen-bond donors (Lipinski definition) is 3. The average molecular weight is 830 g/mol. The van der Waals surface area contributed by atoms with Gasteiger partial charge >= 0.3 is 0 Å². The number of phenols is 3. The molecule has 0 saturated heterocycles. The zero-order valence-corrected chi connectivity index (χ0v) is 34.7. The van der Waals surface area contributed by atoms with Gasteiger partial charge in [-0.3, -0.25) is 13.7 Å². The van der Waals surface area contributed by atoms with Gasteiger partial charge in [-0.1, -0.05) is 176 Å². The first-order valence-electron chi connectivity index (χ1n) is 21.4. The molecule has 1 aliphatic rings. The van der Waals surface area contributed by atoms with Crippen molar-refractivity contribution in [2.45, 2.75) is 12.3 Å². The van der Waals surface area contributed by atoms with Crippen LogP contribution in [0.2, 0.25) is 0 Å². The normalized spacial score (nSPS) is 12.8. The molecule has 6 nitrogen and oxygen atoms in total. The van der Waals surface area contributed by atoms with E-state index in [9.17, 15) is 15.3 Å². The van der Waals surface area contributed by atoms with Gasteiger partial charge in [-0.25, -0.2) is 0 Å². The van der Waals surface area contributed by atoms with Crippen LogP contribution >= 0.6 is 0 Å². The van der Waals surface area contributed by atoms with Gasteiger partial charge in [0.1, 0.15) is 22.5 Å². The van der Waals surface area contributed by atoms with Crippen LogP contribution in [0.25, 0.3) is 82.8 Å². The Balaban J connectivity index is 1.25. The minimum atomic E-state index is -0.952. The molecular formula is C58H39NO5. The molecule has 10 aromatic carbocycles. The van der Waals surface area contributed by atoms with Crippen LogP contribution in [0.4, 0.5) is 0 Å². The number of benzene rings is 10. The molecule has 12 rings (SSSR count). The first-order valence-corrected chi connectivity index (χ1v) is 21.4. The molecule has 3 N–H and O–H groups in total. The summed E-state index contributed by atoms with van der Waals surface area (Å²) in [5.41, 5.74) is 9.15. The summed E-state index contributed by atoms with van der Waals surface area (Å²) in [6.07, 6.45) is 0. The van der Waals surface area contributed by atoms with Gasteiger partial charge in [0.2, 0.25) is 11.2 Å². The van der Waals surface area contributed by atoms with Crippen LogP contribution in [0.15, 0.2) is 209 Å². The predicted octanol–water partition coefficient (Wildman–Crippen LogP) is 14.5. The van der Waals surface area contributed by atoms with Gasteiger partial charge in [0.05, 0.1) is 11.0 Å². The number of fused-ring (bicyclic) bond motifs is 8. The van der Waals surface area contributed by atoms with Gasteiger partial charge in [0.25, 0.3) is 0 Å². The van der Waals surface area contributed by atoms with Gasteiger partial charge in [-0.15, -0.1) is 0 Å². The number of aryl methyl sites for hydroxylation is 1. The molecular weight excluding hydrogens is 791 g/mol. The van der Waals surface area contributed by atoms with Crippen LogP contribution in [-0.2, 0) is 5.41 Å². The maximum atomic E-state index is 13.5. The van der Waals surface area contributed by atoms with E-state index in [1.807, 2.05) is 150 Å². The third kappa shape index (κ3) is 5.26. The topological polar surface area (TPSA) is 91.9 Å². The maximum absolute atomic E-state index is 13.5. The Bertz CT molecular complexity index is 3650. The van der Waals surface area contributed by atoms with E-state index in [1.165, 1.54) is 0 Å². The molecule has 0 aliphatic heterocycles. The number of aromatic hydroxyl groups is 3. The van der Waals surface area contributed by atoms with Crippen molar-refractivity contribution in [3.05, 3.63) is 228 Å². The Morgan fingerprint density at radius 3 is 1.73 bits per heavy atom. The summed E-state index contributed by atoms with van der Waals surface area (Å²) in [7, 11) is 0. The fourth-order valence-electron chi connectivity index (χ4n) is 10.4.